The highest BCUT2D eigenvalue weighted by molar-refractivity contribution is 6.00. The number of carbonyl (C=O) groups is 1. The fourth-order valence-corrected chi connectivity index (χ4v) is 2.02. The highest BCUT2D eigenvalue weighted by Crippen LogP contribution is 2.37. The van der Waals surface area contributed by atoms with Gasteiger partial charge in [-0.3, -0.25) is 4.98 Å². The van der Waals surface area contributed by atoms with Gasteiger partial charge in [0.25, 0.3) is 0 Å². The summed E-state index contributed by atoms with van der Waals surface area (Å²) in [6, 6.07) is 5.42. The predicted molar refractivity (Wildman–Crippen MR) is 74.2 cm³/mol. The number of alkyl halides is 3. The van der Waals surface area contributed by atoms with Gasteiger partial charge in [-0.2, -0.15) is 0 Å². The van der Waals surface area contributed by atoms with Crippen LogP contribution in [-0.4, -0.2) is 31.5 Å². The van der Waals surface area contributed by atoms with E-state index in [9.17, 15) is 18.0 Å². The van der Waals surface area contributed by atoms with Crippen molar-refractivity contribution in [2.24, 2.45) is 0 Å². The van der Waals surface area contributed by atoms with Crippen LogP contribution < -0.4 is 9.47 Å². The number of para-hydroxylation sites is 1. The molecule has 2 aromatic rings. The Morgan fingerprint density at radius 2 is 1.74 bits per heavy atom. The average molecular weight is 327 g/mol. The molecule has 0 aliphatic carbocycles. The molecular weight excluding hydrogens is 315 g/mol. The van der Waals surface area contributed by atoms with Crippen molar-refractivity contribution in [2.75, 3.05) is 14.2 Å². The molecule has 8 heteroatoms. The number of pyridine rings is 1. The molecule has 1 aromatic carbocycles. The van der Waals surface area contributed by atoms with E-state index in [0.717, 1.165) is 13.2 Å². The van der Waals surface area contributed by atoms with Crippen LogP contribution in [-0.2, 0) is 4.74 Å². The zero-order valence-electron chi connectivity index (χ0n) is 12.2. The van der Waals surface area contributed by atoms with Crippen molar-refractivity contribution in [3.05, 3.63) is 42.2 Å². The van der Waals surface area contributed by atoms with Crippen LogP contribution in [0.1, 0.15) is 10.4 Å². The number of hydrogen-bond acceptors (Lipinski definition) is 5. The summed E-state index contributed by atoms with van der Waals surface area (Å²) in [4.78, 5) is 15.9. The molecular formula is C15H12F3NO4. The monoisotopic (exact) mass is 327 g/mol. The molecule has 0 saturated carbocycles. The maximum absolute atomic E-state index is 12.6. The van der Waals surface area contributed by atoms with Crippen LogP contribution in [0.25, 0.3) is 11.1 Å². The Bertz CT molecular complexity index is 716. The third-order valence-corrected chi connectivity index (χ3v) is 2.92. The molecule has 1 heterocycles. The van der Waals surface area contributed by atoms with Gasteiger partial charge in [0.1, 0.15) is 11.3 Å². The van der Waals surface area contributed by atoms with Gasteiger partial charge < -0.3 is 14.2 Å². The minimum absolute atomic E-state index is 0.0385. The molecule has 2 rings (SSSR count). The van der Waals surface area contributed by atoms with Crippen LogP contribution in [0.3, 0.4) is 0 Å². The number of carbonyl (C=O) groups excluding carboxylic acids is 1. The summed E-state index contributed by atoms with van der Waals surface area (Å²) in [5.41, 5.74) is 0.107. The molecule has 122 valence electrons. The molecule has 0 saturated heterocycles. The normalized spacial score (nSPS) is 11.0. The van der Waals surface area contributed by atoms with Gasteiger partial charge in [0.2, 0.25) is 0 Å². The van der Waals surface area contributed by atoms with E-state index in [2.05, 4.69) is 14.5 Å². The number of hydrogen-bond donors (Lipinski definition) is 0. The van der Waals surface area contributed by atoms with Crippen molar-refractivity contribution in [1.29, 1.82) is 0 Å². The number of nitrogens with zero attached hydrogens (tertiary/aromatic N) is 1. The summed E-state index contributed by atoms with van der Waals surface area (Å²) < 4.78 is 51.4. The second-order valence-electron chi connectivity index (χ2n) is 4.30. The summed E-state index contributed by atoms with van der Waals surface area (Å²) in [6.45, 7) is 0. The zero-order chi connectivity index (χ0) is 17.0. The fraction of sp³-hybridized carbons (Fsp3) is 0.200. The molecule has 0 fully saturated rings. The van der Waals surface area contributed by atoms with Gasteiger partial charge in [0.15, 0.2) is 5.75 Å². The van der Waals surface area contributed by atoms with E-state index < -0.39 is 18.1 Å². The Labute approximate surface area is 129 Å². The number of halogens is 3. The number of esters is 1. The van der Waals surface area contributed by atoms with Crippen molar-refractivity contribution >= 4 is 5.97 Å². The summed E-state index contributed by atoms with van der Waals surface area (Å²) >= 11 is 0. The van der Waals surface area contributed by atoms with E-state index in [1.54, 1.807) is 0 Å². The van der Waals surface area contributed by atoms with E-state index >= 15 is 0 Å². The second-order valence-corrected chi connectivity index (χ2v) is 4.30. The first-order valence-electron chi connectivity index (χ1n) is 6.33. The summed E-state index contributed by atoms with van der Waals surface area (Å²) in [5.74, 6) is -1.14. The van der Waals surface area contributed by atoms with E-state index in [-0.39, 0.29) is 22.4 Å². The van der Waals surface area contributed by atoms with Crippen molar-refractivity contribution in [2.45, 2.75) is 6.36 Å². The largest absolute Gasteiger partial charge is 0.573 e. The van der Waals surface area contributed by atoms with Gasteiger partial charge in [0.05, 0.1) is 20.4 Å². The van der Waals surface area contributed by atoms with Crippen molar-refractivity contribution < 1.29 is 32.2 Å². The first-order valence-corrected chi connectivity index (χ1v) is 6.33. The Morgan fingerprint density at radius 3 is 2.35 bits per heavy atom. The first kappa shape index (κ1) is 16.6. The van der Waals surface area contributed by atoms with Gasteiger partial charge in [-0.1, -0.05) is 18.2 Å². The number of ether oxygens (including phenoxy) is 3. The smallest absolute Gasteiger partial charge is 0.494 e. The molecule has 0 atom stereocenters. The van der Waals surface area contributed by atoms with Crippen molar-refractivity contribution in [3.63, 3.8) is 0 Å². The number of aromatic nitrogens is 1. The molecule has 0 amide bonds. The molecule has 23 heavy (non-hydrogen) atoms. The van der Waals surface area contributed by atoms with Crippen LogP contribution in [0.5, 0.6) is 11.5 Å². The van der Waals surface area contributed by atoms with E-state index in [1.165, 1.54) is 37.7 Å². The lowest BCUT2D eigenvalue weighted by Gasteiger charge is -2.16. The molecule has 0 unspecified atom stereocenters. The van der Waals surface area contributed by atoms with Crippen LogP contribution in [0, 0.1) is 0 Å². The van der Waals surface area contributed by atoms with Crippen molar-refractivity contribution in [1.82, 2.24) is 4.98 Å². The average Bonchev–Trinajstić information content (AvgIpc) is 2.52. The van der Waals surface area contributed by atoms with E-state index in [4.69, 9.17) is 4.74 Å². The predicted octanol–water partition coefficient (Wildman–Crippen LogP) is 3.44. The molecule has 0 N–H and O–H groups in total. The second kappa shape index (κ2) is 6.55. The lowest BCUT2D eigenvalue weighted by atomic mass is 10.0. The fourth-order valence-electron chi connectivity index (χ4n) is 2.02. The van der Waals surface area contributed by atoms with Crippen LogP contribution in [0.15, 0.2) is 36.7 Å². The molecule has 0 aliphatic rings. The highest BCUT2D eigenvalue weighted by Gasteiger charge is 2.33. The number of benzene rings is 1. The van der Waals surface area contributed by atoms with E-state index in [0.29, 0.717) is 0 Å². The molecule has 0 spiro atoms. The topological polar surface area (TPSA) is 57.7 Å². The molecule has 0 aliphatic heterocycles. The highest BCUT2D eigenvalue weighted by atomic mass is 19.4. The Balaban J connectivity index is 2.66. The molecule has 5 nitrogen and oxygen atoms in total. The maximum Gasteiger partial charge on any atom is 0.573 e. The quantitative estimate of drug-likeness (QED) is 0.805. The minimum Gasteiger partial charge on any atom is -0.494 e. The van der Waals surface area contributed by atoms with Crippen molar-refractivity contribution in [3.8, 4) is 22.6 Å². The zero-order valence-corrected chi connectivity index (χ0v) is 12.2. The van der Waals surface area contributed by atoms with E-state index in [1.807, 2.05) is 0 Å². The molecule has 0 radical (unpaired) electrons. The molecule has 1 aromatic heterocycles. The summed E-state index contributed by atoms with van der Waals surface area (Å²) in [7, 11) is 2.47. The summed E-state index contributed by atoms with van der Waals surface area (Å²) in [5, 5.41) is 0. The van der Waals surface area contributed by atoms with Crippen LogP contribution >= 0.6 is 0 Å². The first-order chi connectivity index (χ1) is 10.9. The van der Waals surface area contributed by atoms with Gasteiger partial charge in [0, 0.05) is 17.3 Å². The van der Waals surface area contributed by atoms with Gasteiger partial charge >= 0.3 is 12.3 Å². The van der Waals surface area contributed by atoms with Gasteiger partial charge in [-0.15, -0.1) is 13.2 Å². The third kappa shape index (κ3) is 3.71. The lowest BCUT2D eigenvalue weighted by Crippen LogP contribution is -2.18. The standard InChI is InChI=1S/C15H12F3NO4/c1-21-12-8-19-7-10(13(12)14(20)22-2)9-5-3-4-6-11(9)23-15(16,17)18/h3-8H,1-2H3. The van der Waals surface area contributed by atoms with Gasteiger partial charge in [-0.05, 0) is 6.07 Å². The molecule has 0 bridgehead atoms. The number of rotatable bonds is 4. The van der Waals surface area contributed by atoms with Crippen LogP contribution in [0.2, 0.25) is 0 Å². The minimum atomic E-state index is -4.87. The Hall–Kier alpha value is -2.77. The SMILES string of the molecule is COC(=O)c1c(OC)cncc1-c1ccccc1OC(F)(F)F. The summed E-state index contributed by atoms with van der Waals surface area (Å²) in [6.07, 6.45) is -2.36. The Morgan fingerprint density at radius 1 is 1.04 bits per heavy atom. The number of methoxy groups -OCH3 is 2. The van der Waals surface area contributed by atoms with Crippen LogP contribution in [0.4, 0.5) is 13.2 Å². The third-order valence-electron chi connectivity index (χ3n) is 2.92. The Kier molecular flexibility index (Phi) is 4.73. The van der Waals surface area contributed by atoms with Gasteiger partial charge in [-0.25, -0.2) is 4.79 Å². The lowest BCUT2D eigenvalue weighted by molar-refractivity contribution is -0.274. The maximum atomic E-state index is 12.6.